The summed E-state index contributed by atoms with van der Waals surface area (Å²) in [6.07, 6.45) is 0.695. The lowest BCUT2D eigenvalue weighted by molar-refractivity contribution is -0.0530. The first-order valence-electron chi connectivity index (χ1n) is 12.9. The first kappa shape index (κ1) is 39.1. The van der Waals surface area contributed by atoms with Crippen LogP contribution >= 0.6 is 0 Å². The van der Waals surface area contributed by atoms with Crippen molar-refractivity contribution in [3.05, 3.63) is 23.7 Å². The Hall–Kier alpha value is -2.90. The zero-order valence-corrected chi connectivity index (χ0v) is 26.8. The van der Waals surface area contributed by atoms with Crippen molar-refractivity contribution in [1.82, 2.24) is 9.80 Å². The van der Waals surface area contributed by atoms with E-state index in [0.29, 0.717) is 0 Å². The molecule has 0 aromatic carbocycles. The average molecular weight is 691 g/mol. The van der Waals surface area contributed by atoms with Crippen LogP contribution in [0.15, 0.2) is 23.7 Å². The lowest BCUT2D eigenvalue weighted by Gasteiger charge is -2.34. The quantitative estimate of drug-likeness (QED) is 0.210. The third-order valence-corrected chi connectivity index (χ3v) is 7.32. The Morgan fingerprint density at radius 2 is 1.16 bits per heavy atom. The van der Waals surface area contributed by atoms with E-state index in [9.17, 15) is 52.8 Å². The molecule has 0 aromatic rings. The van der Waals surface area contributed by atoms with Crippen LogP contribution in [-0.4, -0.2) is 86.2 Å². The van der Waals surface area contributed by atoms with Crippen molar-refractivity contribution in [3.63, 3.8) is 0 Å². The summed E-state index contributed by atoms with van der Waals surface area (Å²) in [5.74, 6) is -0.686. The molecule has 2 rings (SSSR count). The van der Waals surface area contributed by atoms with Gasteiger partial charge in [-0.05, 0) is 67.5 Å². The Kier molecular flexibility index (Phi) is 12.1. The molecule has 2 aliphatic rings. The summed E-state index contributed by atoms with van der Waals surface area (Å²) in [6.45, 7) is 13.1. The van der Waals surface area contributed by atoms with Gasteiger partial charge in [-0.15, -0.1) is 0 Å². The fourth-order valence-electron chi connectivity index (χ4n) is 3.41. The molecule has 2 aliphatic heterocycles. The van der Waals surface area contributed by atoms with E-state index in [-0.39, 0.29) is 37.4 Å². The number of carbonyl (C=O) groups is 2. The summed E-state index contributed by atoms with van der Waals surface area (Å²) in [7, 11) is -11.4. The van der Waals surface area contributed by atoms with Gasteiger partial charge in [0.2, 0.25) is 0 Å². The second-order valence-electron chi connectivity index (χ2n) is 11.6. The maximum atomic E-state index is 12.3. The maximum Gasteiger partial charge on any atom is 0.534 e. The molecule has 0 fully saturated rings. The van der Waals surface area contributed by atoms with Gasteiger partial charge in [0.05, 0.1) is 6.04 Å². The number of alkyl halides is 6. The molecule has 2 amide bonds. The summed E-state index contributed by atoms with van der Waals surface area (Å²) in [4.78, 5) is 26.4. The standard InChI is InChI=1S/2C12H18F3NO5S/c2*1-8-7-9(21-22(18,19)12(13,14)15)5-6-16(8)10(17)20-11(2,3)4/h7-8H,5-6H2,1-4H3;5,8H,6-7H2,1-4H3. The Labute approximate surface area is 252 Å². The molecule has 0 radical (unpaired) electrons. The topological polar surface area (TPSA) is 146 Å². The van der Waals surface area contributed by atoms with E-state index in [1.807, 2.05) is 0 Å². The zero-order chi connectivity index (χ0) is 34.7. The molecule has 20 heteroatoms. The molecule has 44 heavy (non-hydrogen) atoms. The highest BCUT2D eigenvalue weighted by atomic mass is 32.2. The van der Waals surface area contributed by atoms with Crippen molar-refractivity contribution in [2.75, 3.05) is 13.1 Å². The Bertz CT molecular complexity index is 1300. The Morgan fingerprint density at radius 1 is 0.750 bits per heavy atom. The number of hydrogen-bond donors (Lipinski definition) is 0. The molecule has 2 unspecified atom stereocenters. The van der Waals surface area contributed by atoms with Gasteiger partial charge < -0.3 is 27.6 Å². The summed E-state index contributed by atoms with van der Waals surface area (Å²) in [5, 5.41) is 0. The first-order valence-corrected chi connectivity index (χ1v) is 15.7. The highest BCUT2D eigenvalue weighted by molar-refractivity contribution is 7.88. The summed E-state index contributed by atoms with van der Waals surface area (Å²) >= 11 is 0. The Balaban J connectivity index is 0.000000440. The van der Waals surface area contributed by atoms with E-state index < -0.39 is 66.7 Å². The third kappa shape index (κ3) is 11.9. The molecule has 256 valence electrons. The van der Waals surface area contributed by atoms with E-state index in [1.165, 1.54) is 16.7 Å². The lowest BCUT2D eigenvalue weighted by atomic mass is 10.1. The van der Waals surface area contributed by atoms with Crippen LogP contribution in [0.5, 0.6) is 0 Å². The lowest BCUT2D eigenvalue weighted by Crippen LogP contribution is -2.44. The fourth-order valence-corrected chi connectivity index (χ4v) is 4.44. The second kappa shape index (κ2) is 13.6. The van der Waals surface area contributed by atoms with Crippen molar-refractivity contribution in [3.8, 4) is 0 Å². The van der Waals surface area contributed by atoms with Gasteiger partial charge in [0.25, 0.3) is 0 Å². The molecule has 0 saturated heterocycles. The molecular formula is C24H36F6N2O10S2. The van der Waals surface area contributed by atoms with Crippen LogP contribution < -0.4 is 0 Å². The molecule has 0 aromatic heterocycles. The number of carbonyl (C=O) groups excluding carboxylic acids is 2. The summed E-state index contributed by atoms with van der Waals surface area (Å²) in [6, 6.07) is -1.21. The van der Waals surface area contributed by atoms with Gasteiger partial charge in [-0.25, -0.2) is 9.59 Å². The fraction of sp³-hybridized carbons (Fsp3) is 0.750. The molecule has 0 spiro atoms. The van der Waals surface area contributed by atoms with E-state index in [2.05, 4.69) is 8.37 Å². The van der Waals surface area contributed by atoms with Gasteiger partial charge in [0, 0.05) is 32.0 Å². The summed E-state index contributed by atoms with van der Waals surface area (Å²) < 4.78 is 136. The van der Waals surface area contributed by atoms with Crippen molar-refractivity contribution >= 4 is 32.4 Å². The number of halogens is 6. The predicted molar refractivity (Wildman–Crippen MR) is 142 cm³/mol. The third-order valence-electron chi connectivity index (χ3n) is 5.32. The maximum absolute atomic E-state index is 12.3. The molecule has 12 nitrogen and oxygen atoms in total. The zero-order valence-electron chi connectivity index (χ0n) is 25.2. The van der Waals surface area contributed by atoms with Gasteiger partial charge in [0.1, 0.15) is 22.7 Å². The van der Waals surface area contributed by atoms with Crippen molar-refractivity contribution in [1.29, 1.82) is 0 Å². The van der Waals surface area contributed by atoms with Crippen LogP contribution in [0.2, 0.25) is 0 Å². The molecule has 2 atom stereocenters. The Morgan fingerprint density at radius 3 is 1.52 bits per heavy atom. The van der Waals surface area contributed by atoms with Gasteiger partial charge in [-0.1, -0.05) is 0 Å². The number of amides is 2. The van der Waals surface area contributed by atoms with Crippen LogP contribution in [0.4, 0.5) is 35.9 Å². The van der Waals surface area contributed by atoms with E-state index in [1.54, 1.807) is 48.5 Å². The van der Waals surface area contributed by atoms with Gasteiger partial charge in [0.15, 0.2) is 0 Å². The monoisotopic (exact) mass is 690 g/mol. The number of nitrogens with zero attached hydrogens (tertiary/aromatic N) is 2. The van der Waals surface area contributed by atoms with Gasteiger partial charge in [-0.2, -0.15) is 43.2 Å². The minimum Gasteiger partial charge on any atom is -0.444 e. The molecule has 0 N–H and O–H groups in total. The summed E-state index contributed by atoms with van der Waals surface area (Å²) in [5.41, 5.74) is -12.4. The molecule has 0 saturated carbocycles. The van der Waals surface area contributed by atoms with Crippen LogP contribution in [0.1, 0.15) is 68.2 Å². The molecule has 0 aliphatic carbocycles. The largest absolute Gasteiger partial charge is 0.534 e. The van der Waals surface area contributed by atoms with Crippen LogP contribution in [0.3, 0.4) is 0 Å². The van der Waals surface area contributed by atoms with Crippen LogP contribution in [0, 0.1) is 0 Å². The van der Waals surface area contributed by atoms with Crippen molar-refractivity contribution in [2.24, 2.45) is 0 Å². The van der Waals surface area contributed by atoms with E-state index >= 15 is 0 Å². The second-order valence-corrected chi connectivity index (χ2v) is 14.7. The van der Waals surface area contributed by atoms with E-state index in [0.717, 1.165) is 12.2 Å². The molecular weight excluding hydrogens is 654 g/mol. The minimum atomic E-state index is -5.69. The molecule has 0 bridgehead atoms. The van der Waals surface area contributed by atoms with Crippen LogP contribution in [0.25, 0.3) is 0 Å². The highest BCUT2D eigenvalue weighted by Gasteiger charge is 2.50. The minimum absolute atomic E-state index is 0.00467. The normalized spacial score (nSPS) is 20.4. The number of rotatable bonds is 4. The first-order chi connectivity index (χ1) is 19.5. The van der Waals surface area contributed by atoms with Crippen molar-refractivity contribution in [2.45, 2.75) is 103 Å². The van der Waals surface area contributed by atoms with Crippen molar-refractivity contribution < 1.29 is 70.6 Å². The number of ether oxygens (including phenoxy) is 2. The van der Waals surface area contributed by atoms with Gasteiger partial charge in [-0.3, -0.25) is 0 Å². The predicted octanol–water partition coefficient (Wildman–Crippen LogP) is 5.53. The smallest absolute Gasteiger partial charge is 0.444 e. The SMILES string of the molecule is CC1C=C(OS(=O)(=O)C(F)(F)F)CCN1C(=O)OC(C)(C)C.CC1CC(OS(=O)(=O)C(F)(F)F)=CCN1C(=O)OC(C)(C)C. The average Bonchev–Trinajstić information content (AvgIpc) is 2.75. The van der Waals surface area contributed by atoms with Gasteiger partial charge >= 0.3 is 43.4 Å². The molecule has 2 heterocycles. The number of hydrogen-bond acceptors (Lipinski definition) is 10. The van der Waals surface area contributed by atoms with Crippen LogP contribution in [-0.2, 0) is 38.1 Å². The highest BCUT2D eigenvalue weighted by Crippen LogP contribution is 2.31. The van der Waals surface area contributed by atoms with E-state index in [4.69, 9.17) is 9.47 Å².